The normalized spacial score (nSPS) is 15.5. The van der Waals surface area contributed by atoms with Gasteiger partial charge in [-0.2, -0.15) is 5.10 Å². The van der Waals surface area contributed by atoms with Gasteiger partial charge in [0.15, 0.2) is 5.69 Å². The minimum Gasteiger partial charge on any atom is -0.348 e. The van der Waals surface area contributed by atoms with Gasteiger partial charge in [-0.3, -0.25) is 9.89 Å². The van der Waals surface area contributed by atoms with Crippen molar-refractivity contribution in [2.75, 3.05) is 0 Å². The molecular formula is C11H11N3O. The second-order valence-electron chi connectivity index (χ2n) is 3.87. The van der Waals surface area contributed by atoms with Gasteiger partial charge in [0, 0.05) is 11.4 Å². The predicted octanol–water partition coefficient (Wildman–Crippen LogP) is 1.46. The van der Waals surface area contributed by atoms with Gasteiger partial charge in [0.1, 0.15) is 0 Å². The Morgan fingerprint density at radius 3 is 3.00 bits per heavy atom. The summed E-state index contributed by atoms with van der Waals surface area (Å²) in [7, 11) is 0. The first-order valence-electron chi connectivity index (χ1n) is 5.08. The molecule has 1 heterocycles. The number of rotatable bonds is 2. The number of hydrogen-bond donors (Lipinski definition) is 2. The number of hydrogen-bond acceptors (Lipinski definition) is 2. The van der Waals surface area contributed by atoms with E-state index in [1.807, 2.05) is 24.3 Å². The van der Waals surface area contributed by atoms with Gasteiger partial charge in [-0.25, -0.2) is 0 Å². The third kappa shape index (κ3) is 1.48. The van der Waals surface area contributed by atoms with Gasteiger partial charge in [0.25, 0.3) is 5.91 Å². The average molecular weight is 201 g/mol. The number of benzene rings is 1. The van der Waals surface area contributed by atoms with Crippen molar-refractivity contribution in [2.45, 2.75) is 18.9 Å². The maximum absolute atomic E-state index is 11.8. The molecule has 1 fully saturated rings. The highest BCUT2D eigenvalue weighted by atomic mass is 16.2. The largest absolute Gasteiger partial charge is 0.348 e. The molecule has 0 bridgehead atoms. The lowest BCUT2D eigenvalue weighted by Crippen LogP contribution is -2.25. The molecule has 0 spiro atoms. The summed E-state index contributed by atoms with van der Waals surface area (Å²) < 4.78 is 0. The van der Waals surface area contributed by atoms with Gasteiger partial charge in [0.05, 0.1) is 5.52 Å². The van der Waals surface area contributed by atoms with E-state index in [9.17, 15) is 4.79 Å². The fourth-order valence-corrected chi connectivity index (χ4v) is 1.62. The third-order valence-corrected chi connectivity index (χ3v) is 2.60. The fraction of sp³-hybridized carbons (Fsp3) is 0.273. The number of amides is 1. The van der Waals surface area contributed by atoms with Crippen LogP contribution in [0.3, 0.4) is 0 Å². The van der Waals surface area contributed by atoms with Crippen LogP contribution < -0.4 is 5.32 Å². The summed E-state index contributed by atoms with van der Waals surface area (Å²) in [5.74, 6) is -0.0741. The monoisotopic (exact) mass is 201 g/mol. The highest BCUT2D eigenvalue weighted by molar-refractivity contribution is 6.04. The zero-order valence-corrected chi connectivity index (χ0v) is 8.16. The quantitative estimate of drug-likeness (QED) is 0.772. The number of aromatic amines is 1. The lowest BCUT2D eigenvalue weighted by Gasteiger charge is -1.99. The molecule has 1 aromatic heterocycles. The van der Waals surface area contributed by atoms with Gasteiger partial charge in [-0.05, 0) is 18.9 Å². The van der Waals surface area contributed by atoms with Gasteiger partial charge in [0.2, 0.25) is 0 Å². The zero-order chi connectivity index (χ0) is 10.3. The van der Waals surface area contributed by atoms with Crippen LogP contribution >= 0.6 is 0 Å². The average Bonchev–Trinajstić information content (AvgIpc) is 2.96. The minimum atomic E-state index is -0.0741. The number of carbonyl (C=O) groups is 1. The smallest absolute Gasteiger partial charge is 0.272 e. The Kier molecular flexibility index (Phi) is 1.74. The molecular weight excluding hydrogens is 190 g/mol. The van der Waals surface area contributed by atoms with Crippen LogP contribution in [0.2, 0.25) is 0 Å². The molecule has 4 heteroatoms. The van der Waals surface area contributed by atoms with E-state index in [1.54, 1.807) is 0 Å². The number of aromatic nitrogens is 2. The molecule has 1 saturated carbocycles. The molecule has 0 aliphatic heterocycles. The molecule has 1 amide bonds. The second kappa shape index (κ2) is 3.08. The Morgan fingerprint density at radius 2 is 2.20 bits per heavy atom. The molecule has 4 nitrogen and oxygen atoms in total. The first-order chi connectivity index (χ1) is 7.34. The molecule has 3 rings (SSSR count). The predicted molar refractivity (Wildman–Crippen MR) is 56.6 cm³/mol. The Labute approximate surface area is 86.7 Å². The van der Waals surface area contributed by atoms with Crippen molar-refractivity contribution in [1.29, 1.82) is 0 Å². The van der Waals surface area contributed by atoms with Gasteiger partial charge >= 0.3 is 0 Å². The summed E-state index contributed by atoms with van der Waals surface area (Å²) in [4.78, 5) is 11.8. The number of nitrogens with one attached hydrogen (secondary N) is 2. The van der Waals surface area contributed by atoms with Crippen molar-refractivity contribution in [3.63, 3.8) is 0 Å². The van der Waals surface area contributed by atoms with Crippen LogP contribution in [0.25, 0.3) is 10.9 Å². The van der Waals surface area contributed by atoms with Crippen molar-refractivity contribution in [2.24, 2.45) is 0 Å². The number of H-pyrrole nitrogens is 1. The maximum Gasteiger partial charge on any atom is 0.272 e. The standard InChI is InChI=1S/C11H11N3O/c15-11(12-7-5-6-7)10-8-3-1-2-4-9(8)13-14-10/h1-4,7H,5-6H2,(H,12,15)(H,13,14). The van der Waals surface area contributed by atoms with Crippen molar-refractivity contribution in [3.8, 4) is 0 Å². The summed E-state index contributed by atoms with van der Waals surface area (Å²) in [5, 5.41) is 10.7. The van der Waals surface area contributed by atoms with Crippen molar-refractivity contribution in [1.82, 2.24) is 15.5 Å². The van der Waals surface area contributed by atoms with E-state index >= 15 is 0 Å². The van der Waals surface area contributed by atoms with Crippen LogP contribution in [-0.2, 0) is 0 Å². The molecule has 0 unspecified atom stereocenters. The van der Waals surface area contributed by atoms with E-state index in [4.69, 9.17) is 0 Å². The molecule has 1 aromatic carbocycles. The lowest BCUT2D eigenvalue weighted by atomic mass is 10.2. The molecule has 15 heavy (non-hydrogen) atoms. The highest BCUT2D eigenvalue weighted by Crippen LogP contribution is 2.20. The van der Waals surface area contributed by atoms with Crippen molar-refractivity contribution in [3.05, 3.63) is 30.0 Å². The molecule has 1 aliphatic carbocycles. The van der Waals surface area contributed by atoms with Gasteiger partial charge in [-0.1, -0.05) is 18.2 Å². The first kappa shape index (κ1) is 8.47. The highest BCUT2D eigenvalue weighted by Gasteiger charge is 2.25. The van der Waals surface area contributed by atoms with Gasteiger partial charge in [-0.15, -0.1) is 0 Å². The van der Waals surface area contributed by atoms with Crippen LogP contribution in [-0.4, -0.2) is 22.1 Å². The van der Waals surface area contributed by atoms with Crippen LogP contribution in [0.5, 0.6) is 0 Å². The number of carbonyl (C=O) groups excluding carboxylic acids is 1. The maximum atomic E-state index is 11.8. The number of fused-ring (bicyclic) bond motifs is 1. The molecule has 76 valence electrons. The van der Waals surface area contributed by atoms with Crippen LogP contribution in [0.1, 0.15) is 23.3 Å². The molecule has 2 N–H and O–H groups in total. The molecule has 0 radical (unpaired) electrons. The van der Waals surface area contributed by atoms with Crippen molar-refractivity contribution >= 4 is 16.8 Å². The Morgan fingerprint density at radius 1 is 1.40 bits per heavy atom. The SMILES string of the molecule is O=C(NC1CC1)c1n[nH]c2ccccc12. The Hall–Kier alpha value is -1.84. The van der Waals surface area contributed by atoms with E-state index < -0.39 is 0 Å². The summed E-state index contributed by atoms with van der Waals surface area (Å²) in [6, 6.07) is 8.01. The Balaban J connectivity index is 1.98. The molecule has 1 aliphatic rings. The second-order valence-corrected chi connectivity index (χ2v) is 3.87. The van der Waals surface area contributed by atoms with Crippen LogP contribution in [0.15, 0.2) is 24.3 Å². The number of para-hydroxylation sites is 1. The summed E-state index contributed by atoms with van der Waals surface area (Å²) >= 11 is 0. The van der Waals surface area contributed by atoms with E-state index in [1.165, 1.54) is 0 Å². The zero-order valence-electron chi connectivity index (χ0n) is 8.16. The third-order valence-electron chi connectivity index (χ3n) is 2.60. The topological polar surface area (TPSA) is 57.8 Å². The minimum absolute atomic E-state index is 0.0741. The summed E-state index contributed by atoms with van der Waals surface area (Å²) in [6.07, 6.45) is 2.18. The van der Waals surface area contributed by atoms with Crippen LogP contribution in [0.4, 0.5) is 0 Å². The van der Waals surface area contributed by atoms with E-state index in [-0.39, 0.29) is 5.91 Å². The van der Waals surface area contributed by atoms with Crippen molar-refractivity contribution < 1.29 is 4.79 Å². The lowest BCUT2D eigenvalue weighted by molar-refractivity contribution is 0.0947. The molecule has 2 aromatic rings. The van der Waals surface area contributed by atoms with Gasteiger partial charge < -0.3 is 5.32 Å². The van der Waals surface area contributed by atoms with E-state index in [0.717, 1.165) is 23.7 Å². The Bertz CT molecular complexity index is 513. The molecule has 0 saturated heterocycles. The van der Waals surface area contributed by atoms with E-state index in [2.05, 4.69) is 15.5 Å². The first-order valence-corrected chi connectivity index (χ1v) is 5.08. The molecule has 0 atom stereocenters. The summed E-state index contributed by atoms with van der Waals surface area (Å²) in [6.45, 7) is 0. The number of nitrogens with zero attached hydrogens (tertiary/aromatic N) is 1. The van der Waals surface area contributed by atoms with E-state index in [0.29, 0.717) is 11.7 Å². The summed E-state index contributed by atoms with van der Waals surface area (Å²) in [5.41, 5.74) is 1.40. The van der Waals surface area contributed by atoms with Crippen LogP contribution in [0, 0.1) is 0 Å². The fourth-order valence-electron chi connectivity index (χ4n) is 1.62.